The highest BCUT2D eigenvalue weighted by molar-refractivity contribution is 5.65. The Morgan fingerprint density at radius 1 is 1.56 bits per heavy atom. The van der Waals surface area contributed by atoms with E-state index < -0.39 is 5.97 Å². The molecule has 0 aliphatic heterocycles. The molecule has 0 rings (SSSR count). The fraction of sp³-hybridized carbons (Fsp3) is 0.833. The highest BCUT2D eigenvalue weighted by Gasteiger charge is 1.95. The Morgan fingerprint density at radius 2 is 2.11 bits per heavy atom. The third kappa shape index (κ3) is 7.43. The van der Waals surface area contributed by atoms with Crippen LogP contribution in [0, 0.1) is 5.92 Å². The van der Waals surface area contributed by atoms with Crippen molar-refractivity contribution in [1.29, 1.82) is 0 Å². The van der Waals surface area contributed by atoms with Gasteiger partial charge in [0.1, 0.15) is 0 Å². The lowest BCUT2D eigenvalue weighted by Gasteiger charge is -2.02. The molecule has 0 heterocycles. The molecule has 0 atom stereocenters. The van der Waals surface area contributed by atoms with Gasteiger partial charge in [0.15, 0.2) is 0 Å². The van der Waals surface area contributed by atoms with Gasteiger partial charge in [-0.25, -0.2) is 4.79 Å². The van der Waals surface area contributed by atoms with Crippen LogP contribution in [0.2, 0.25) is 0 Å². The normalized spacial score (nSPS) is 9.78. The third-order valence-electron chi connectivity index (χ3n) is 0.578. The molecule has 0 aliphatic rings. The first-order valence-electron chi connectivity index (χ1n) is 2.93. The summed E-state index contributed by atoms with van der Waals surface area (Å²) in [6.45, 7) is 5.72. The first-order chi connectivity index (χ1) is 4.13. The van der Waals surface area contributed by atoms with Crippen LogP contribution in [0.3, 0.4) is 0 Å². The first-order valence-corrected chi connectivity index (χ1v) is 2.93. The molecule has 0 fully saturated rings. The van der Waals surface area contributed by atoms with E-state index in [0.717, 1.165) is 0 Å². The minimum absolute atomic E-state index is 0.393. The molecular weight excluding hydrogens is 120 g/mol. The van der Waals surface area contributed by atoms with Gasteiger partial charge >= 0.3 is 5.97 Å². The van der Waals surface area contributed by atoms with Crippen molar-refractivity contribution in [2.45, 2.75) is 20.8 Å². The summed E-state index contributed by atoms with van der Waals surface area (Å²) in [4.78, 5) is 18.8. The van der Waals surface area contributed by atoms with Crippen molar-refractivity contribution in [1.82, 2.24) is 0 Å². The van der Waals surface area contributed by atoms with E-state index in [-0.39, 0.29) is 0 Å². The monoisotopic (exact) mass is 132 g/mol. The SMILES string of the molecule is CC(=O)OOCC(C)C. The minimum atomic E-state index is -0.407. The summed E-state index contributed by atoms with van der Waals surface area (Å²) in [6.07, 6.45) is 0. The number of carbonyl (C=O) groups excluding carboxylic acids is 1. The Labute approximate surface area is 54.9 Å². The van der Waals surface area contributed by atoms with E-state index in [4.69, 9.17) is 0 Å². The summed E-state index contributed by atoms with van der Waals surface area (Å²) in [6, 6.07) is 0. The van der Waals surface area contributed by atoms with E-state index in [0.29, 0.717) is 12.5 Å². The Kier molecular flexibility index (Phi) is 4.05. The fourth-order valence-electron chi connectivity index (χ4n) is 0.253. The summed E-state index contributed by atoms with van der Waals surface area (Å²) in [7, 11) is 0. The zero-order valence-electron chi connectivity index (χ0n) is 6.01. The molecule has 0 spiro atoms. The van der Waals surface area contributed by atoms with Gasteiger partial charge in [0.25, 0.3) is 0 Å². The van der Waals surface area contributed by atoms with Crippen molar-refractivity contribution in [3.8, 4) is 0 Å². The van der Waals surface area contributed by atoms with Gasteiger partial charge in [-0.1, -0.05) is 13.8 Å². The molecule has 3 heteroatoms. The Balaban J connectivity index is 3.01. The first kappa shape index (κ1) is 8.43. The van der Waals surface area contributed by atoms with Crippen LogP contribution < -0.4 is 0 Å². The Hall–Kier alpha value is -0.570. The smallest absolute Gasteiger partial charge is 0.299 e. The summed E-state index contributed by atoms with van der Waals surface area (Å²) >= 11 is 0. The second kappa shape index (κ2) is 4.32. The van der Waals surface area contributed by atoms with Crippen LogP contribution in [0.1, 0.15) is 20.8 Å². The van der Waals surface area contributed by atoms with Crippen molar-refractivity contribution in [2.24, 2.45) is 5.92 Å². The largest absolute Gasteiger partial charge is 0.339 e. The van der Waals surface area contributed by atoms with Crippen molar-refractivity contribution in [2.75, 3.05) is 6.61 Å². The number of hydrogen-bond donors (Lipinski definition) is 0. The minimum Gasteiger partial charge on any atom is -0.299 e. The zero-order valence-corrected chi connectivity index (χ0v) is 6.01. The van der Waals surface area contributed by atoms with Crippen LogP contribution in [0.5, 0.6) is 0 Å². The van der Waals surface area contributed by atoms with Crippen LogP contribution >= 0.6 is 0 Å². The summed E-state index contributed by atoms with van der Waals surface area (Å²) in [5.41, 5.74) is 0. The number of rotatable bonds is 3. The molecule has 0 saturated carbocycles. The maximum Gasteiger partial charge on any atom is 0.339 e. The predicted octanol–water partition coefficient (Wildman–Crippen LogP) is 1.14. The number of hydrogen-bond acceptors (Lipinski definition) is 3. The second-order valence-corrected chi connectivity index (χ2v) is 2.25. The Bertz CT molecular complexity index is 88.3. The van der Waals surface area contributed by atoms with Gasteiger partial charge in [-0.2, -0.15) is 4.89 Å². The predicted molar refractivity (Wildman–Crippen MR) is 32.6 cm³/mol. The lowest BCUT2D eigenvalue weighted by molar-refractivity contribution is -0.274. The van der Waals surface area contributed by atoms with E-state index in [1.54, 1.807) is 0 Å². The molecule has 0 aromatic rings. The van der Waals surface area contributed by atoms with Gasteiger partial charge in [-0.15, -0.1) is 0 Å². The van der Waals surface area contributed by atoms with Crippen molar-refractivity contribution in [3.63, 3.8) is 0 Å². The maximum absolute atomic E-state index is 10.1. The fourth-order valence-corrected chi connectivity index (χ4v) is 0.253. The van der Waals surface area contributed by atoms with Gasteiger partial charge in [-0.3, -0.25) is 4.89 Å². The molecule has 0 N–H and O–H groups in total. The molecule has 0 aromatic carbocycles. The highest BCUT2D eigenvalue weighted by Crippen LogP contribution is 1.92. The average molecular weight is 132 g/mol. The summed E-state index contributed by atoms with van der Waals surface area (Å²) in [5.74, 6) is -0.0139. The molecule has 9 heavy (non-hydrogen) atoms. The highest BCUT2D eigenvalue weighted by atomic mass is 17.2. The van der Waals surface area contributed by atoms with Gasteiger partial charge < -0.3 is 0 Å². The van der Waals surface area contributed by atoms with Gasteiger partial charge in [-0.05, 0) is 5.92 Å². The number of carbonyl (C=O) groups is 1. The van der Waals surface area contributed by atoms with E-state index in [9.17, 15) is 4.79 Å². The zero-order chi connectivity index (χ0) is 7.28. The molecule has 0 aliphatic carbocycles. The van der Waals surface area contributed by atoms with Gasteiger partial charge in [0.2, 0.25) is 0 Å². The quantitative estimate of drug-likeness (QED) is 0.426. The van der Waals surface area contributed by atoms with E-state index >= 15 is 0 Å². The molecule has 54 valence electrons. The summed E-state index contributed by atoms with van der Waals surface area (Å²) in [5, 5.41) is 0. The third-order valence-corrected chi connectivity index (χ3v) is 0.578. The second-order valence-electron chi connectivity index (χ2n) is 2.25. The lowest BCUT2D eigenvalue weighted by atomic mass is 10.2. The Morgan fingerprint density at radius 3 is 2.44 bits per heavy atom. The van der Waals surface area contributed by atoms with E-state index in [2.05, 4.69) is 9.78 Å². The van der Waals surface area contributed by atoms with Crippen LogP contribution in [0.15, 0.2) is 0 Å². The van der Waals surface area contributed by atoms with Crippen molar-refractivity contribution < 1.29 is 14.6 Å². The molecule has 0 radical (unpaired) electrons. The lowest BCUT2D eigenvalue weighted by Crippen LogP contribution is -2.05. The molecule has 3 nitrogen and oxygen atoms in total. The van der Waals surface area contributed by atoms with Crippen molar-refractivity contribution in [3.05, 3.63) is 0 Å². The molecular formula is C6H12O3. The van der Waals surface area contributed by atoms with Crippen LogP contribution in [-0.4, -0.2) is 12.6 Å². The maximum atomic E-state index is 10.1. The van der Waals surface area contributed by atoms with Crippen LogP contribution in [0.4, 0.5) is 0 Å². The van der Waals surface area contributed by atoms with Crippen LogP contribution in [-0.2, 0) is 14.6 Å². The molecule has 0 amide bonds. The average Bonchev–Trinajstić information content (AvgIpc) is 1.63. The molecule has 0 bridgehead atoms. The van der Waals surface area contributed by atoms with Gasteiger partial charge in [0.05, 0.1) is 6.61 Å². The van der Waals surface area contributed by atoms with E-state index in [1.807, 2.05) is 13.8 Å². The molecule has 0 unspecified atom stereocenters. The summed E-state index contributed by atoms with van der Waals surface area (Å²) < 4.78 is 0. The standard InChI is InChI=1S/C6H12O3/c1-5(2)4-8-9-6(3)7/h5H,4H2,1-3H3. The van der Waals surface area contributed by atoms with Gasteiger partial charge in [0, 0.05) is 6.92 Å². The molecule has 0 aromatic heterocycles. The van der Waals surface area contributed by atoms with E-state index in [1.165, 1.54) is 6.92 Å². The molecule has 0 saturated heterocycles. The van der Waals surface area contributed by atoms with Crippen LogP contribution in [0.25, 0.3) is 0 Å². The van der Waals surface area contributed by atoms with Crippen molar-refractivity contribution >= 4 is 5.97 Å². The topological polar surface area (TPSA) is 35.5 Å².